The fraction of sp³-hybridized carbons (Fsp3) is 0. The number of benzene rings is 7. The normalized spacial score (nSPS) is 11.3. The van der Waals surface area contributed by atoms with Gasteiger partial charge in [-0.05, 0) is 117 Å². The highest BCUT2D eigenvalue weighted by molar-refractivity contribution is 5.93. The van der Waals surface area contributed by atoms with Crippen LogP contribution >= 0.6 is 0 Å². The second-order valence-corrected chi connectivity index (χ2v) is 13.0. The molecule has 0 aliphatic heterocycles. The lowest BCUT2D eigenvalue weighted by atomic mass is 9.95. The van der Waals surface area contributed by atoms with E-state index in [9.17, 15) is 9.59 Å². The number of nitrogens with zero attached hydrogens (tertiary/aromatic N) is 1. The van der Waals surface area contributed by atoms with Crippen molar-refractivity contribution in [3.63, 3.8) is 0 Å². The van der Waals surface area contributed by atoms with E-state index in [0.29, 0.717) is 11.5 Å². The number of carbonyl (C=O) groups is 2. The van der Waals surface area contributed by atoms with Gasteiger partial charge < -0.3 is 14.4 Å². The maximum Gasteiger partial charge on any atom is 0.335 e. The Labute approximate surface area is 333 Å². The van der Waals surface area contributed by atoms with Gasteiger partial charge in [0.15, 0.2) is 0 Å². The molecule has 7 aromatic rings. The fourth-order valence-corrected chi connectivity index (χ4v) is 6.42. The van der Waals surface area contributed by atoms with E-state index in [-0.39, 0.29) is 0 Å². The molecular formula is C52H39NO4. The summed E-state index contributed by atoms with van der Waals surface area (Å²) in [7, 11) is 0. The first-order chi connectivity index (χ1) is 28.0. The summed E-state index contributed by atoms with van der Waals surface area (Å²) in [5, 5.41) is 0. The van der Waals surface area contributed by atoms with Crippen molar-refractivity contribution in [3.8, 4) is 11.5 Å². The summed E-state index contributed by atoms with van der Waals surface area (Å²) in [5.41, 5.74) is 11.3. The topological polar surface area (TPSA) is 55.8 Å². The molecule has 0 bridgehead atoms. The van der Waals surface area contributed by atoms with E-state index in [1.807, 2.05) is 78.9 Å². The molecule has 0 atom stereocenters. The van der Waals surface area contributed by atoms with Crippen molar-refractivity contribution >= 4 is 52.3 Å². The third-order valence-electron chi connectivity index (χ3n) is 9.21. The summed E-state index contributed by atoms with van der Waals surface area (Å²) in [6, 6.07) is 62.8. The zero-order valence-corrected chi connectivity index (χ0v) is 31.2. The summed E-state index contributed by atoms with van der Waals surface area (Å²) in [6.07, 6.45) is 6.64. The molecule has 0 fully saturated rings. The van der Waals surface area contributed by atoms with Crippen LogP contribution in [0.1, 0.15) is 33.4 Å². The Balaban J connectivity index is 1.20. The van der Waals surface area contributed by atoms with Gasteiger partial charge in [0.1, 0.15) is 11.5 Å². The summed E-state index contributed by atoms with van der Waals surface area (Å²) in [4.78, 5) is 25.7. The van der Waals surface area contributed by atoms with Crippen molar-refractivity contribution in [2.75, 3.05) is 4.90 Å². The van der Waals surface area contributed by atoms with Crippen LogP contribution in [0, 0.1) is 0 Å². The number of carbonyl (C=O) groups excluding carboxylic acids is 2. The molecule has 7 aromatic carbocycles. The smallest absolute Gasteiger partial charge is 0.335 e. The maximum absolute atomic E-state index is 11.7. The summed E-state index contributed by atoms with van der Waals surface area (Å²) >= 11 is 0. The predicted molar refractivity (Wildman–Crippen MR) is 233 cm³/mol. The molecule has 5 nitrogen and oxygen atoms in total. The molecule has 0 aliphatic carbocycles. The van der Waals surface area contributed by atoms with E-state index in [2.05, 4.69) is 115 Å². The van der Waals surface area contributed by atoms with Gasteiger partial charge in [-0.25, -0.2) is 9.59 Å². The Morgan fingerprint density at radius 3 is 1.05 bits per heavy atom. The van der Waals surface area contributed by atoms with Gasteiger partial charge in [-0.3, -0.25) is 0 Å². The van der Waals surface area contributed by atoms with Crippen LogP contribution in [-0.4, -0.2) is 11.9 Å². The van der Waals surface area contributed by atoms with Crippen molar-refractivity contribution in [1.29, 1.82) is 0 Å². The first kappa shape index (κ1) is 37.6. The Morgan fingerprint density at radius 2 is 0.702 bits per heavy atom. The molecule has 0 saturated carbocycles. The van der Waals surface area contributed by atoms with Gasteiger partial charge in [-0.15, -0.1) is 0 Å². The lowest BCUT2D eigenvalue weighted by Crippen LogP contribution is -2.09. The van der Waals surface area contributed by atoms with Crippen LogP contribution in [0.3, 0.4) is 0 Å². The summed E-state index contributed by atoms with van der Waals surface area (Å²) < 4.78 is 10.6. The molecule has 0 amide bonds. The average Bonchev–Trinajstić information content (AvgIpc) is 3.27. The Bertz CT molecular complexity index is 2360. The minimum atomic E-state index is -0.495. The SMILES string of the molecule is C=CC(=O)Oc1ccc(C(=Cc2ccc(N(c3ccccc3)c3ccc(C=C(c4ccccc4)c4ccc(OC(=O)C=C)cc4)cc3)cc2)c2ccccc2)cc1. The Morgan fingerprint density at radius 1 is 0.386 bits per heavy atom. The zero-order valence-electron chi connectivity index (χ0n) is 31.2. The summed E-state index contributed by atoms with van der Waals surface area (Å²) in [5.74, 6) is -0.0693. The molecule has 0 heterocycles. The number of rotatable bonds is 13. The molecule has 0 aliphatic rings. The van der Waals surface area contributed by atoms with E-state index in [0.717, 1.165) is 73.7 Å². The number of para-hydroxylation sites is 1. The van der Waals surface area contributed by atoms with Crippen LogP contribution in [0.2, 0.25) is 0 Å². The molecule has 57 heavy (non-hydrogen) atoms. The zero-order chi connectivity index (χ0) is 39.4. The minimum absolute atomic E-state index is 0.460. The van der Waals surface area contributed by atoms with Crippen molar-refractivity contribution in [2.45, 2.75) is 0 Å². The van der Waals surface area contributed by atoms with Crippen molar-refractivity contribution < 1.29 is 19.1 Å². The molecule has 0 saturated heterocycles. The number of hydrogen-bond donors (Lipinski definition) is 0. The Hall–Kier alpha value is -7.76. The largest absolute Gasteiger partial charge is 0.423 e. The van der Waals surface area contributed by atoms with E-state index < -0.39 is 11.9 Å². The van der Waals surface area contributed by atoms with Crippen LogP contribution < -0.4 is 14.4 Å². The van der Waals surface area contributed by atoms with Gasteiger partial charge in [0, 0.05) is 29.2 Å². The molecule has 5 heteroatoms. The number of anilines is 3. The Kier molecular flexibility index (Phi) is 11.9. The fourth-order valence-electron chi connectivity index (χ4n) is 6.42. The minimum Gasteiger partial charge on any atom is -0.423 e. The van der Waals surface area contributed by atoms with Gasteiger partial charge in [0.2, 0.25) is 0 Å². The van der Waals surface area contributed by atoms with Gasteiger partial charge in [0.05, 0.1) is 0 Å². The molecule has 0 aromatic heterocycles. The third-order valence-corrected chi connectivity index (χ3v) is 9.21. The molecular weight excluding hydrogens is 703 g/mol. The van der Waals surface area contributed by atoms with Crippen molar-refractivity contribution in [2.24, 2.45) is 0 Å². The van der Waals surface area contributed by atoms with Crippen LogP contribution in [0.4, 0.5) is 17.1 Å². The second kappa shape index (κ2) is 18.0. The molecule has 7 rings (SSSR count). The van der Waals surface area contributed by atoms with Crippen LogP contribution in [0.5, 0.6) is 11.5 Å². The molecule has 0 N–H and O–H groups in total. The van der Waals surface area contributed by atoms with E-state index >= 15 is 0 Å². The monoisotopic (exact) mass is 741 g/mol. The van der Waals surface area contributed by atoms with Crippen LogP contribution in [-0.2, 0) is 9.59 Å². The third kappa shape index (κ3) is 9.49. The number of hydrogen-bond acceptors (Lipinski definition) is 5. The second-order valence-electron chi connectivity index (χ2n) is 13.0. The van der Waals surface area contributed by atoms with E-state index in [1.165, 1.54) is 0 Å². The van der Waals surface area contributed by atoms with Gasteiger partial charge in [0.25, 0.3) is 0 Å². The molecule has 0 unspecified atom stereocenters. The average molecular weight is 742 g/mol. The van der Waals surface area contributed by atoms with Crippen LogP contribution in [0.15, 0.2) is 213 Å². The summed E-state index contributed by atoms with van der Waals surface area (Å²) in [6.45, 7) is 6.96. The highest BCUT2D eigenvalue weighted by Gasteiger charge is 2.14. The van der Waals surface area contributed by atoms with Crippen molar-refractivity contribution in [3.05, 3.63) is 247 Å². The first-order valence-electron chi connectivity index (χ1n) is 18.5. The number of ether oxygens (including phenoxy) is 2. The molecule has 0 radical (unpaired) electrons. The molecule has 0 spiro atoms. The van der Waals surface area contributed by atoms with Gasteiger partial charge in [-0.1, -0.05) is 141 Å². The van der Waals surface area contributed by atoms with Gasteiger partial charge in [-0.2, -0.15) is 0 Å². The lowest BCUT2D eigenvalue weighted by Gasteiger charge is -2.25. The lowest BCUT2D eigenvalue weighted by molar-refractivity contribution is -0.129. The standard InChI is InChI=1S/C52H39NO4/c1-3-51(54)56-47-32-24-42(25-33-47)49(40-14-8-5-9-15-40)36-38-20-28-45(29-21-38)53(44-18-12-7-13-19-44)46-30-22-39(23-31-46)37-50(41-16-10-6-11-17-41)43-26-34-48(35-27-43)57-52(55)4-2/h3-37H,1-2H2. The van der Waals surface area contributed by atoms with Crippen LogP contribution in [0.25, 0.3) is 23.3 Å². The van der Waals surface area contributed by atoms with E-state index in [4.69, 9.17) is 9.47 Å². The number of esters is 2. The maximum atomic E-state index is 11.7. The highest BCUT2D eigenvalue weighted by Crippen LogP contribution is 2.36. The first-order valence-corrected chi connectivity index (χ1v) is 18.5. The van der Waals surface area contributed by atoms with Crippen molar-refractivity contribution in [1.82, 2.24) is 0 Å². The van der Waals surface area contributed by atoms with E-state index in [1.54, 1.807) is 24.3 Å². The predicted octanol–water partition coefficient (Wildman–Crippen LogP) is 12.5. The molecule has 276 valence electrons. The van der Waals surface area contributed by atoms with Gasteiger partial charge >= 0.3 is 11.9 Å². The highest BCUT2D eigenvalue weighted by atomic mass is 16.5. The quantitative estimate of drug-likeness (QED) is 0.0510.